The Balaban J connectivity index is 1.94. The van der Waals surface area contributed by atoms with Crippen LogP contribution in [0.25, 0.3) is 0 Å². The van der Waals surface area contributed by atoms with Crippen molar-refractivity contribution in [1.29, 1.82) is 0 Å². The molecule has 0 saturated heterocycles. The number of hydrogen-bond acceptors (Lipinski definition) is 4. The lowest BCUT2D eigenvalue weighted by molar-refractivity contribution is -0.114. The Hall–Kier alpha value is -2.37. The predicted octanol–water partition coefficient (Wildman–Crippen LogP) is 2.50. The molecule has 0 spiro atoms. The summed E-state index contributed by atoms with van der Waals surface area (Å²) in [5.74, 6) is 1.37. The van der Waals surface area contributed by atoms with Gasteiger partial charge in [0.1, 0.15) is 12.2 Å². The van der Waals surface area contributed by atoms with E-state index in [0.717, 1.165) is 23.7 Å². The van der Waals surface area contributed by atoms with Crippen molar-refractivity contribution in [3.8, 4) is 0 Å². The molecule has 0 unspecified atom stereocenters. The second-order valence-corrected chi connectivity index (χ2v) is 5.36. The lowest BCUT2D eigenvalue weighted by Crippen LogP contribution is -2.13. The summed E-state index contributed by atoms with van der Waals surface area (Å²) in [5.41, 5.74) is 1.76. The van der Waals surface area contributed by atoms with Crippen LogP contribution < -0.4 is 10.6 Å². The van der Waals surface area contributed by atoms with Crippen LogP contribution in [0.3, 0.4) is 0 Å². The average molecular weight is 287 g/mol. The van der Waals surface area contributed by atoms with E-state index in [9.17, 15) is 4.79 Å². The molecule has 2 aromatic rings. The molecule has 0 aliphatic heterocycles. The Morgan fingerprint density at radius 2 is 1.90 bits per heavy atom. The topological polar surface area (TPSA) is 71.8 Å². The summed E-state index contributed by atoms with van der Waals surface area (Å²) in [5, 5.41) is 10.3. The smallest absolute Gasteiger partial charge is 0.221 e. The first-order valence-electron chi connectivity index (χ1n) is 7.03. The van der Waals surface area contributed by atoms with Gasteiger partial charge in [-0.25, -0.2) is 9.67 Å². The third kappa shape index (κ3) is 4.59. The van der Waals surface area contributed by atoms with E-state index in [0.29, 0.717) is 12.5 Å². The number of nitrogens with zero attached hydrogens (tertiary/aromatic N) is 3. The van der Waals surface area contributed by atoms with Crippen LogP contribution in [0.2, 0.25) is 0 Å². The lowest BCUT2D eigenvalue weighted by atomic mass is 10.2. The summed E-state index contributed by atoms with van der Waals surface area (Å²) in [6, 6.07) is 7.58. The van der Waals surface area contributed by atoms with Crippen molar-refractivity contribution in [1.82, 2.24) is 14.8 Å². The van der Waals surface area contributed by atoms with Crippen LogP contribution in [0, 0.1) is 5.92 Å². The number of benzene rings is 1. The van der Waals surface area contributed by atoms with Gasteiger partial charge in [0.05, 0.1) is 6.54 Å². The fourth-order valence-corrected chi connectivity index (χ4v) is 1.98. The van der Waals surface area contributed by atoms with Gasteiger partial charge in [0, 0.05) is 24.8 Å². The Kier molecular flexibility index (Phi) is 4.92. The van der Waals surface area contributed by atoms with E-state index >= 15 is 0 Å². The van der Waals surface area contributed by atoms with E-state index in [-0.39, 0.29) is 5.91 Å². The molecule has 0 aliphatic rings. The average Bonchev–Trinajstić information content (AvgIpc) is 2.84. The van der Waals surface area contributed by atoms with E-state index in [2.05, 4.69) is 34.6 Å². The fraction of sp³-hybridized carbons (Fsp3) is 0.400. The van der Waals surface area contributed by atoms with Gasteiger partial charge in [-0.15, -0.1) is 0 Å². The van der Waals surface area contributed by atoms with Crippen LogP contribution in [0.1, 0.15) is 26.6 Å². The maximum absolute atomic E-state index is 11.0. The third-order valence-corrected chi connectivity index (χ3v) is 2.89. The second-order valence-electron chi connectivity index (χ2n) is 5.36. The molecule has 2 rings (SSSR count). The van der Waals surface area contributed by atoms with Gasteiger partial charge >= 0.3 is 0 Å². The molecular formula is C15H21N5O. The zero-order valence-electron chi connectivity index (χ0n) is 12.6. The van der Waals surface area contributed by atoms with Crippen LogP contribution in [0.5, 0.6) is 0 Å². The summed E-state index contributed by atoms with van der Waals surface area (Å²) < 4.78 is 1.92. The van der Waals surface area contributed by atoms with Crippen LogP contribution in [-0.4, -0.2) is 20.7 Å². The summed E-state index contributed by atoms with van der Waals surface area (Å²) in [6.45, 7) is 7.28. The molecule has 0 aliphatic carbocycles. The molecule has 0 bridgehead atoms. The van der Waals surface area contributed by atoms with Gasteiger partial charge in [0.25, 0.3) is 0 Å². The zero-order valence-corrected chi connectivity index (χ0v) is 12.6. The van der Waals surface area contributed by atoms with Gasteiger partial charge in [-0.1, -0.05) is 13.8 Å². The molecule has 1 amide bonds. The lowest BCUT2D eigenvalue weighted by Gasteiger charge is -2.10. The molecule has 0 radical (unpaired) electrons. The van der Waals surface area contributed by atoms with Crippen molar-refractivity contribution in [2.45, 2.75) is 33.9 Å². The van der Waals surface area contributed by atoms with E-state index in [4.69, 9.17) is 0 Å². The fourth-order valence-electron chi connectivity index (χ4n) is 1.98. The molecule has 1 aromatic carbocycles. The number of anilines is 2. The van der Waals surface area contributed by atoms with Gasteiger partial charge in [-0.05, 0) is 30.2 Å². The number of hydrogen-bond donors (Lipinski definition) is 2. The quantitative estimate of drug-likeness (QED) is 0.856. The highest BCUT2D eigenvalue weighted by atomic mass is 16.1. The molecular weight excluding hydrogens is 266 g/mol. The molecule has 1 aromatic heterocycles. The monoisotopic (exact) mass is 287 g/mol. The second kappa shape index (κ2) is 6.88. The van der Waals surface area contributed by atoms with E-state index in [1.165, 1.54) is 6.92 Å². The van der Waals surface area contributed by atoms with Gasteiger partial charge in [-0.2, -0.15) is 5.10 Å². The Morgan fingerprint density at radius 1 is 1.24 bits per heavy atom. The molecule has 0 atom stereocenters. The molecule has 0 fully saturated rings. The molecule has 21 heavy (non-hydrogen) atoms. The zero-order chi connectivity index (χ0) is 15.2. The van der Waals surface area contributed by atoms with Crippen LogP contribution in [0.15, 0.2) is 30.6 Å². The van der Waals surface area contributed by atoms with Crippen LogP contribution in [-0.2, 0) is 17.9 Å². The molecule has 2 N–H and O–H groups in total. The molecule has 6 heteroatoms. The Labute approximate surface area is 124 Å². The Bertz CT molecular complexity index is 588. The van der Waals surface area contributed by atoms with Gasteiger partial charge in [0.2, 0.25) is 5.91 Å². The third-order valence-electron chi connectivity index (χ3n) is 2.89. The number of rotatable bonds is 6. The first-order valence-corrected chi connectivity index (χ1v) is 7.03. The van der Waals surface area contributed by atoms with Crippen molar-refractivity contribution in [2.24, 2.45) is 5.92 Å². The minimum absolute atomic E-state index is 0.0718. The maximum atomic E-state index is 11.0. The van der Waals surface area contributed by atoms with Gasteiger partial charge in [-0.3, -0.25) is 4.79 Å². The van der Waals surface area contributed by atoms with Crippen molar-refractivity contribution in [2.75, 3.05) is 10.6 Å². The van der Waals surface area contributed by atoms with Crippen molar-refractivity contribution in [3.63, 3.8) is 0 Å². The minimum atomic E-state index is -0.0718. The number of carbonyl (C=O) groups excluding carboxylic acids is 1. The van der Waals surface area contributed by atoms with E-state index < -0.39 is 0 Å². The highest BCUT2D eigenvalue weighted by molar-refractivity contribution is 5.88. The van der Waals surface area contributed by atoms with Gasteiger partial charge in [0.15, 0.2) is 0 Å². The summed E-state index contributed by atoms with van der Waals surface area (Å²) in [6.07, 6.45) is 1.58. The summed E-state index contributed by atoms with van der Waals surface area (Å²) >= 11 is 0. The summed E-state index contributed by atoms with van der Waals surface area (Å²) in [4.78, 5) is 15.2. The number of nitrogens with one attached hydrogen (secondary N) is 2. The number of amides is 1. The first-order chi connectivity index (χ1) is 10.0. The van der Waals surface area contributed by atoms with Gasteiger partial charge < -0.3 is 10.6 Å². The van der Waals surface area contributed by atoms with Crippen molar-refractivity contribution in [3.05, 3.63) is 36.4 Å². The maximum Gasteiger partial charge on any atom is 0.221 e. The Morgan fingerprint density at radius 3 is 2.52 bits per heavy atom. The highest BCUT2D eigenvalue weighted by Crippen LogP contribution is 2.14. The van der Waals surface area contributed by atoms with Crippen LogP contribution >= 0.6 is 0 Å². The molecule has 6 nitrogen and oxygen atoms in total. The SMILES string of the molecule is CC(=O)Nc1ccc(NCc2ncnn2CC(C)C)cc1. The largest absolute Gasteiger partial charge is 0.378 e. The van der Waals surface area contributed by atoms with Crippen LogP contribution in [0.4, 0.5) is 11.4 Å². The normalized spacial score (nSPS) is 10.7. The molecule has 1 heterocycles. The standard InChI is InChI=1S/C15H21N5O/c1-11(2)9-20-15(17-10-18-20)8-16-13-4-6-14(7-5-13)19-12(3)21/h4-7,10-11,16H,8-9H2,1-3H3,(H,19,21). The first kappa shape index (κ1) is 15.0. The predicted molar refractivity (Wildman–Crippen MR) is 82.9 cm³/mol. The minimum Gasteiger partial charge on any atom is -0.378 e. The highest BCUT2D eigenvalue weighted by Gasteiger charge is 2.06. The van der Waals surface area contributed by atoms with Crippen molar-refractivity contribution >= 4 is 17.3 Å². The van der Waals surface area contributed by atoms with E-state index in [1.807, 2.05) is 28.9 Å². The molecule has 0 saturated carbocycles. The summed E-state index contributed by atoms with van der Waals surface area (Å²) in [7, 11) is 0. The number of aromatic nitrogens is 3. The molecule has 112 valence electrons. The van der Waals surface area contributed by atoms with Crippen molar-refractivity contribution < 1.29 is 4.79 Å². The van der Waals surface area contributed by atoms with E-state index in [1.54, 1.807) is 6.33 Å². The number of carbonyl (C=O) groups is 1.